The van der Waals surface area contributed by atoms with E-state index in [9.17, 15) is 4.79 Å². The Bertz CT molecular complexity index is 934. The van der Waals surface area contributed by atoms with Crippen LogP contribution in [0.3, 0.4) is 0 Å². The standard InChI is InChI=1S/C23H32N4O3/c1-23(2,3)26-20(28)13-27-15-4-5-16(27)11-14(10-15)12-19-24-17-6-7-18-22(21(17)25-19)30-9-8-29-18/h6-7,14-16H,4-5,8-13H2,1-3H3,(H,24,25)(H,26,28). The van der Waals surface area contributed by atoms with Crippen molar-refractivity contribution in [1.29, 1.82) is 0 Å². The summed E-state index contributed by atoms with van der Waals surface area (Å²) in [6.45, 7) is 7.78. The number of benzene rings is 1. The summed E-state index contributed by atoms with van der Waals surface area (Å²) >= 11 is 0. The molecule has 3 aliphatic heterocycles. The third kappa shape index (κ3) is 3.87. The van der Waals surface area contributed by atoms with E-state index in [0.29, 0.717) is 37.8 Å². The van der Waals surface area contributed by atoms with E-state index in [0.717, 1.165) is 47.6 Å². The highest BCUT2D eigenvalue weighted by atomic mass is 16.6. The van der Waals surface area contributed by atoms with Crippen LogP contribution in [0.1, 0.15) is 52.3 Å². The van der Waals surface area contributed by atoms with E-state index < -0.39 is 0 Å². The first-order chi connectivity index (χ1) is 14.4. The molecule has 1 aromatic heterocycles. The molecule has 1 amide bonds. The fourth-order valence-corrected chi connectivity index (χ4v) is 5.44. The minimum absolute atomic E-state index is 0.141. The zero-order valence-electron chi connectivity index (χ0n) is 18.2. The summed E-state index contributed by atoms with van der Waals surface area (Å²) in [5.74, 6) is 3.31. The minimum Gasteiger partial charge on any atom is -0.486 e. The number of fused-ring (bicyclic) bond motifs is 5. The lowest BCUT2D eigenvalue weighted by Crippen LogP contribution is -2.51. The van der Waals surface area contributed by atoms with Gasteiger partial charge in [0, 0.05) is 24.0 Å². The van der Waals surface area contributed by atoms with Crippen LogP contribution < -0.4 is 14.8 Å². The molecule has 2 unspecified atom stereocenters. The Morgan fingerprint density at radius 1 is 1.20 bits per heavy atom. The van der Waals surface area contributed by atoms with Crippen LogP contribution in [0, 0.1) is 5.92 Å². The molecule has 2 bridgehead atoms. The fraction of sp³-hybridized carbons (Fsp3) is 0.652. The van der Waals surface area contributed by atoms with E-state index in [1.165, 1.54) is 12.8 Å². The number of imidazole rings is 1. The van der Waals surface area contributed by atoms with Gasteiger partial charge in [0.25, 0.3) is 0 Å². The summed E-state index contributed by atoms with van der Waals surface area (Å²) in [4.78, 5) is 23.2. The van der Waals surface area contributed by atoms with E-state index in [1.807, 2.05) is 32.9 Å². The van der Waals surface area contributed by atoms with Crippen molar-refractivity contribution in [1.82, 2.24) is 20.2 Å². The molecule has 0 spiro atoms. The van der Waals surface area contributed by atoms with E-state index in [-0.39, 0.29) is 11.4 Å². The van der Waals surface area contributed by atoms with Gasteiger partial charge in [-0.3, -0.25) is 9.69 Å². The second kappa shape index (κ2) is 7.45. The van der Waals surface area contributed by atoms with Crippen molar-refractivity contribution in [3.8, 4) is 11.5 Å². The molecular weight excluding hydrogens is 380 g/mol. The summed E-state index contributed by atoms with van der Waals surface area (Å²) < 4.78 is 11.5. The average molecular weight is 413 g/mol. The third-order valence-corrected chi connectivity index (χ3v) is 6.51. The molecule has 2 atom stereocenters. The summed E-state index contributed by atoms with van der Waals surface area (Å²) in [6, 6.07) is 5.00. The number of rotatable bonds is 4. The van der Waals surface area contributed by atoms with Crippen LogP contribution in [0.4, 0.5) is 0 Å². The molecule has 162 valence electrons. The number of aromatic amines is 1. The Morgan fingerprint density at radius 3 is 2.67 bits per heavy atom. The van der Waals surface area contributed by atoms with Gasteiger partial charge >= 0.3 is 0 Å². The van der Waals surface area contributed by atoms with Crippen molar-refractivity contribution in [3.63, 3.8) is 0 Å². The van der Waals surface area contributed by atoms with Crippen LogP contribution in [-0.2, 0) is 11.2 Å². The summed E-state index contributed by atoms with van der Waals surface area (Å²) in [6.07, 6.45) is 5.60. The monoisotopic (exact) mass is 412 g/mol. The molecule has 4 heterocycles. The zero-order valence-corrected chi connectivity index (χ0v) is 18.2. The summed E-state index contributed by atoms with van der Waals surface area (Å²) in [5, 5.41) is 3.11. The number of aromatic nitrogens is 2. The number of piperidine rings is 1. The Hall–Kier alpha value is -2.28. The molecule has 2 aromatic rings. The predicted octanol–water partition coefficient (Wildman–Crippen LogP) is 3.03. The molecule has 7 nitrogen and oxygen atoms in total. The minimum atomic E-state index is -0.177. The van der Waals surface area contributed by atoms with E-state index in [1.54, 1.807) is 0 Å². The predicted molar refractivity (Wildman–Crippen MR) is 115 cm³/mol. The largest absolute Gasteiger partial charge is 0.486 e. The normalized spacial score (nSPS) is 26.2. The molecule has 2 fully saturated rings. The molecule has 2 saturated heterocycles. The van der Waals surface area contributed by atoms with Crippen LogP contribution in [0.5, 0.6) is 11.5 Å². The van der Waals surface area contributed by atoms with E-state index >= 15 is 0 Å². The van der Waals surface area contributed by atoms with Crippen molar-refractivity contribution >= 4 is 16.9 Å². The van der Waals surface area contributed by atoms with Gasteiger partial charge < -0.3 is 19.8 Å². The van der Waals surface area contributed by atoms with Crippen LogP contribution in [-0.4, -0.2) is 58.2 Å². The van der Waals surface area contributed by atoms with Crippen LogP contribution >= 0.6 is 0 Å². The number of amides is 1. The number of ether oxygens (including phenoxy) is 2. The third-order valence-electron chi connectivity index (χ3n) is 6.51. The van der Waals surface area contributed by atoms with Crippen molar-refractivity contribution in [2.45, 2.75) is 70.5 Å². The van der Waals surface area contributed by atoms with Crippen LogP contribution in [0.15, 0.2) is 12.1 Å². The molecule has 0 saturated carbocycles. The lowest BCUT2D eigenvalue weighted by atomic mass is 9.88. The maximum atomic E-state index is 12.4. The van der Waals surface area contributed by atoms with Gasteiger partial charge in [0.05, 0.1) is 12.1 Å². The number of nitrogens with zero attached hydrogens (tertiary/aromatic N) is 2. The summed E-state index contributed by atoms with van der Waals surface area (Å²) in [7, 11) is 0. The maximum absolute atomic E-state index is 12.4. The molecule has 2 N–H and O–H groups in total. The van der Waals surface area contributed by atoms with Gasteiger partial charge in [-0.15, -0.1) is 0 Å². The molecule has 0 aliphatic carbocycles. The van der Waals surface area contributed by atoms with E-state index in [2.05, 4.69) is 15.2 Å². The van der Waals surface area contributed by atoms with Crippen LogP contribution in [0.2, 0.25) is 0 Å². The Balaban J connectivity index is 1.25. The van der Waals surface area contributed by atoms with Crippen LogP contribution in [0.25, 0.3) is 11.0 Å². The van der Waals surface area contributed by atoms with Gasteiger partial charge in [-0.25, -0.2) is 4.98 Å². The van der Waals surface area contributed by atoms with Gasteiger partial charge in [-0.1, -0.05) is 0 Å². The number of nitrogens with one attached hydrogen (secondary N) is 2. The maximum Gasteiger partial charge on any atom is 0.234 e. The van der Waals surface area contributed by atoms with Crippen molar-refractivity contribution in [3.05, 3.63) is 18.0 Å². The highest BCUT2D eigenvalue weighted by Crippen LogP contribution is 2.40. The SMILES string of the molecule is CC(C)(C)NC(=O)CN1C2CCC1CC(Cc1nc3c4c(ccc3[nH]1)OCCO4)C2. The zero-order chi connectivity index (χ0) is 20.9. The quantitative estimate of drug-likeness (QED) is 0.807. The topological polar surface area (TPSA) is 79.5 Å². The second-order valence-corrected chi connectivity index (χ2v) is 10.1. The van der Waals surface area contributed by atoms with Gasteiger partial charge in [-0.05, 0) is 64.5 Å². The highest BCUT2D eigenvalue weighted by molar-refractivity contribution is 5.85. The van der Waals surface area contributed by atoms with Gasteiger partial charge in [-0.2, -0.15) is 0 Å². The fourth-order valence-electron chi connectivity index (χ4n) is 5.44. The van der Waals surface area contributed by atoms with Crippen molar-refractivity contribution in [2.75, 3.05) is 19.8 Å². The lowest BCUT2D eigenvalue weighted by Gasteiger charge is -2.38. The Labute approximate surface area is 177 Å². The van der Waals surface area contributed by atoms with Crippen molar-refractivity contribution in [2.24, 2.45) is 5.92 Å². The van der Waals surface area contributed by atoms with E-state index in [4.69, 9.17) is 14.5 Å². The molecule has 5 rings (SSSR count). The number of carbonyl (C=O) groups excluding carboxylic acids is 1. The molecular formula is C23H32N4O3. The number of hydrogen-bond acceptors (Lipinski definition) is 5. The average Bonchev–Trinajstić information content (AvgIpc) is 3.17. The van der Waals surface area contributed by atoms with Gasteiger partial charge in [0.1, 0.15) is 24.6 Å². The second-order valence-electron chi connectivity index (χ2n) is 10.1. The Morgan fingerprint density at radius 2 is 1.93 bits per heavy atom. The lowest BCUT2D eigenvalue weighted by molar-refractivity contribution is -0.125. The number of hydrogen-bond donors (Lipinski definition) is 2. The molecule has 0 radical (unpaired) electrons. The number of carbonyl (C=O) groups is 1. The highest BCUT2D eigenvalue weighted by Gasteiger charge is 2.41. The van der Waals surface area contributed by atoms with Gasteiger partial charge in [0.15, 0.2) is 11.5 Å². The number of H-pyrrole nitrogens is 1. The Kier molecular flexibility index (Phi) is 4.88. The summed E-state index contributed by atoms with van der Waals surface area (Å²) in [5.41, 5.74) is 1.71. The first-order valence-electron chi connectivity index (χ1n) is 11.2. The molecule has 3 aliphatic rings. The molecule has 30 heavy (non-hydrogen) atoms. The molecule has 1 aromatic carbocycles. The van der Waals surface area contributed by atoms with Gasteiger partial charge in [0.2, 0.25) is 5.91 Å². The van der Waals surface area contributed by atoms with Crippen molar-refractivity contribution < 1.29 is 14.3 Å². The molecule has 7 heteroatoms. The smallest absolute Gasteiger partial charge is 0.234 e. The first-order valence-corrected chi connectivity index (χ1v) is 11.2. The first kappa shape index (κ1) is 19.7.